The van der Waals surface area contributed by atoms with Gasteiger partial charge >= 0.3 is 29.6 Å². The van der Waals surface area contributed by atoms with E-state index in [0.717, 1.165) is 0 Å². The molecule has 0 saturated heterocycles. The Labute approximate surface area is 67.3 Å². The van der Waals surface area contributed by atoms with E-state index >= 15 is 0 Å². The van der Waals surface area contributed by atoms with Gasteiger partial charge < -0.3 is 0 Å². The molecular formula is C6H11Na. The monoisotopic (exact) mass is 106 g/mol. The van der Waals surface area contributed by atoms with E-state index < -0.39 is 0 Å². The van der Waals surface area contributed by atoms with E-state index in [1.807, 2.05) is 0 Å². The second-order valence-corrected chi connectivity index (χ2v) is 1.76. The summed E-state index contributed by atoms with van der Waals surface area (Å²) in [4.78, 5) is 0. The molecule has 1 rings (SSSR count). The average molecular weight is 106 g/mol. The van der Waals surface area contributed by atoms with Gasteiger partial charge in [0.1, 0.15) is 0 Å². The topological polar surface area (TPSA) is 0 Å². The predicted molar refractivity (Wildman–Crippen MR) is 34.8 cm³/mol. The minimum absolute atomic E-state index is 0. The summed E-state index contributed by atoms with van der Waals surface area (Å²) in [6, 6.07) is 0. The molecule has 0 unspecified atom stereocenters. The van der Waals surface area contributed by atoms with Crippen LogP contribution in [0.1, 0.15) is 25.7 Å². The number of rotatable bonds is 0. The molecule has 0 nitrogen and oxygen atoms in total. The van der Waals surface area contributed by atoms with Crippen LogP contribution in [0.25, 0.3) is 0 Å². The Hall–Kier alpha value is 0.740. The van der Waals surface area contributed by atoms with Crippen molar-refractivity contribution in [2.24, 2.45) is 0 Å². The van der Waals surface area contributed by atoms with Crippen molar-refractivity contribution in [3.05, 3.63) is 12.2 Å². The van der Waals surface area contributed by atoms with Crippen LogP contribution >= 0.6 is 0 Å². The van der Waals surface area contributed by atoms with Crippen molar-refractivity contribution in [1.29, 1.82) is 0 Å². The van der Waals surface area contributed by atoms with Crippen LogP contribution in [0.15, 0.2) is 12.2 Å². The zero-order valence-corrected chi connectivity index (χ0v) is 3.98. The van der Waals surface area contributed by atoms with Crippen molar-refractivity contribution in [2.75, 3.05) is 0 Å². The van der Waals surface area contributed by atoms with E-state index in [-0.39, 0.29) is 29.6 Å². The molecule has 1 aliphatic carbocycles. The van der Waals surface area contributed by atoms with Crippen LogP contribution in [-0.4, -0.2) is 29.6 Å². The van der Waals surface area contributed by atoms with E-state index in [1.165, 1.54) is 25.7 Å². The van der Waals surface area contributed by atoms with Gasteiger partial charge in [-0.15, -0.1) is 0 Å². The number of allylic oxidation sites excluding steroid dienone is 2. The second kappa shape index (κ2) is 4.89. The first-order chi connectivity index (χ1) is 3.00. The van der Waals surface area contributed by atoms with Crippen molar-refractivity contribution < 1.29 is 0 Å². The van der Waals surface area contributed by atoms with E-state index in [0.29, 0.717) is 0 Å². The molecular weight excluding hydrogens is 95.1 g/mol. The van der Waals surface area contributed by atoms with Gasteiger partial charge in [-0.05, 0) is 25.7 Å². The quantitative estimate of drug-likeness (QED) is 0.324. The van der Waals surface area contributed by atoms with Crippen molar-refractivity contribution in [2.45, 2.75) is 25.7 Å². The van der Waals surface area contributed by atoms with Crippen LogP contribution in [0.3, 0.4) is 0 Å². The van der Waals surface area contributed by atoms with Crippen LogP contribution in [0.2, 0.25) is 0 Å². The summed E-state index contributed by atoms with van der Waals surface area (Å²) in [5.74, 6) is 0. The van der Waals surface area contributed by atoms with Crippen molar-refractivity contribution in [3.63, 3.8) is 0 Å². The summed E-state index contributed by atoms with van der Waals surface area (Å²) < 4.78 is 0. The molecule has 0 atom stereocenters. The maximum atomic E-state index is 2.27. The van der Waals surface area contributed by atoms with Gasteiger partial charge in [0.15, 0.2) is 0 Å². The van der Waals surface area contributed by atoms with Gasteiger partial charge in [-0.1, -0.05) is 12.2 Å². The molecule has 0 fully saturated rings. The van der Waals surface area contributed by atoms with Crippen LogP contribution in [-0.2, 0) is 0 Å². The Morgan fingerprint density at radius 3 is 1.43 bits per heavy atom. The third kappa shape index (κ3) is 3.33. The van der Waals surface area contributed by atoms with Gasteiger partial charge in [-0.2, -0.15) is 0 Å². The molecule has 0 aromatic heterocycles. The van der Waals surface area contributed by atoms with Gasteiger partial charge in [-0.3, -0.25) is 0 Å². The molecule has 0 bridgehead atoms. The Balaban J connectivity index is 0.000000360. The van der Waals surface area contributed by atoms with E-state index in [1.54, 1.807) is 0 Å². The van der Waals surface area contributed by atoms with Crippen molar-refractivity contribution >= 4 is 29.6 Å². The molecule has 0 saturated carbocycles. The summed E-state index contributed by atoms with van der Waals surface area (Å²) >= 11 is 0. The first-order valence-electron chi connectivity index (χ1n) is 2.65. The summed E-state index contributed by atoms with van der Waals surface area (Å²) in [7, 11) is 0. The number of hydrogen-bond acceptors (Lipinski definition) is 0. The fraction of sp³-hybridized carbons (Fsp3) is 0.667. The standard InChI is InChI=1S/C6H10.Na.H/c1-2-4-6-5-3-1;;/h1-2H,3-6H2;;. The third-order valence-corrected chi connectivity index (χ3v) is 1.16. The molecule has 0 radical (unpaired) electrons. The van der Waals surface area contributed by atoms with Gasteiger partial charge in [0.2, 0.25) is 0 Å². The maximum absolute atomic E-state index is 2.27. The zero-order valence-electron chi connectivity index (χ0n) is 3.98. The summed E-state index contributed by atoms with van der Waals surface area (Å²) in [5.41, 5.74) is 0. The van der Waals surface area contributed by atoms with Gasteiger partial charge in [0, 0.05) is 0 Å². The molecule has 0 spiro atoms. The summed E-state index contributed by atoms with van der Waals surface area (Å²) in [5, 5.41) is 0. The van der Waals surface area contributed by atoms with Crippen LogP contribution < -0.4 is 0 Å². The SMILES string of the molecule is C1=CCCCC1.[NaH]. The third-order valence-electron chi connectivity index (χ3n) is 1.16. The molecule has 1 aliphatic rings. The van der Waals surface area contributed by atoms with Gasteiger partial charge in [0.25, 0.3) is 0 Å². The fourth-order valence-corrected chi connectivity index (χ4v) is 0.760. The molecule has 0 aliphatic heterocycles. The van der Waals surface area contributed by atoms with Gasteiger partial charge in [-0.25, -0.2) is 0 Å². The zero-order chi connectivity index (χ0) is 4.24. The minimum atomic E-state index is 0. The van der Waals surface area contributed by atoms with Gasteiger partial charge in [0.05, 0.1) is 0 Å². The first kappa shape index (κ1) is 7.74. The normalized spacial score (nSPS) is 18.3. The summed E-state index contributed by atoms with van der Waals surface area (Å²) in [6.45, 7) is 0. The van der Waals surface area contributed by atoms with Crippen LogP contribution in [0.5, 0.6) is 0 Å². The Kier molecular flexibility index (Phi) is 5.41. The second-order valence-electron chi connectivity index (χ2n) is 1.76. The fourth-order valence-electron chi connectivity index (χ4n) is 0.760. The molecule has 36 valence electrons. The van der Waals surface area contributed by atoms with Crippen LogP contribution in [0, 0.1) is 0 Å². The Morgan fingerprint density at radius 2 is 1.29 bits per heavy atom. The van der Waals surface area contributed by atoms with Crippen molar-refractivity contribution in [3.8, 4) is 0 Å². The molecule has 7 heavy (non-hydrogen) atoms. The van der Waals surface area contributed by atoms with Crippen LogP contribution in [0.4, 0.5) is 0 Å². The molecule has 0 amide bonds. The number of hydrogen-bond donors (Lipinski definition) is 0. The van der Waals surface area contributed by atoms with E-state index in [9.17, 15) is 0 Å². The van der Waals surface area contributed by atoms with E-state index in [2.05, 4.69) is 12.2 Å². The molecule has 0 aromatic carbocycles. The average Bonchev–Trinajstić information content (AvgIpc) is 1.72. The Bertz CT molecular complexity index is 49.2. The molecule has 0 N–H and O–H groups in total. The Morgan fingerprint density at radius 1 is 0.857 bits per heavy atom. The van der Waals surface area contributed by atoms with E-state index in [4.69, 9.17) is 0 Å². The molecule has 0 heterocycles. The first-order valence-corrected chi connectivity index (χ1v) is 2.65. The molecule has 0 aromatic rings. The predicted octanol–water partition coefficient (Wildman–Crippen LogP) is 1.47. The molecule has 1 heteroatoms. The summed E-state index contributed by atoms with van der Waals surface area (Å²) in [6.07, 6.45) is 10.0. The van der Waals surface area contributed by atoms with Crippen molar-refractivity contribution in [1.82, 2.24) is 0 Å².